The monoisotopic (exact) mass is 1170 g/mol. The van der Waals surface area contributed by atoms with Crippen molar-refractivity contribution in [3.8, 4) is 0 Å². The van der Waals surface area contributed by atoms with Crippen LogP contribution in [-0.4, -0.2) is 160 Å². The van der Waals surface area contributed by atoms with Crippen LogP contribution in [0.3, 0.4) is 0 Å². The van der Waals surface area contributed by atoms with Crippen LogP contribution < -0.4 is 42.5 Å². The van der Waals surface area contributed by atoms with Crippen molar-refractivity contribution < 1.29 is 47.9 Å². The summed E-state index contributed by atoms with van der Waals surface area (Å²) in [5.41, 5.74) is -4.64. The second-order valence-electron chi connectivity index (χ2n) is 25.8. The Kier molecular flexibility index (Phi) is 35.2. The molecule has 8 N–H and O–H groups in total. The lowest BCUT2D eigenvalue weighted by atomic mass is 9.96. The molecular weight excluding hydrogens is 1060 g/mol. The van der Waals surface area contributed by atoms with Gasteiger partial charge in [-0.05, 0) is 130 Å². The molecule has 10 amide bonds. The SMILES string of the molecule is CCCCCCCC[C@@H](C(=O)N[C@@H](CC(C)C)C(=O)NC(C)(C)C(=O)N[C@@H](CC(C)C)C(=O)N[C@@H](CC(C)C)C(=O)NC(C)(C)C(=O)NC(C)(C)C(=O)NCCC(=O)NCCN(CCC)CCC)N(C=O)[C@@H]1CCCN1C(=O)CCCCC. The first kappa shape index (κ1) is 75.7. The molecule has 21 nitrogen and oxygen atoms in total. The second-order valence-corrected chi connectivity index (χ2v) is 25.8. The standard InChI is InChI=1S/C62H115N11O10/c1-17-21-23-24-25-27-29-49(73(42-74)51-30-28-37-72(51)52(76)31-26-22-18-2)56(80)66-48(41-45(9)10)55(79)68-61(13,14)58(82)67-46(39-43(5)6)53(77)65-47(40-44(7)8)54(78)69-62(15,16)59(83)70-60(11,12)57(81)64-33-32-50(75)63-34-38-71(35-19-3)36-20-4/h42-49,51H,17-41H2,1-16H3,(H,63,75)(H,64,81)(H,65,77)(H,66,80)(H,67,82)(H,68,79)(H,69,78)(H,70,83)/t46-,47-,48-,49-,51+/m0/s1. The molecule has 1 saturated heterocycles. The zero-order chi connectivity index (χ0) is 63.1. The van der Waals surface area contributed by atoms with Crippen LogP contribution in [-0.2, 0) is 47.9 Å². The van der Waals surface area contributed by atoms with E-state index in [2.05, 4.69) is 75.1 Å². The van der Waals surface area contributed by atoms with Gasteiger partial charge in [-0.2, -0.15) is 0 Å². The first-order chi connectivity index (χ1) is 38.9. The van der Waals surface area contributed by atoms with Crippen LogP contribution in [0.25, 0.3) is 0 Å². The van der Waals surface area contributed by atoms with E-state index in [1.807, 2.05) is 41.5 Å². The number of nitrogens with zero attached hydrogens (tertiary/aromatic N) is 3. The number of likely N-dealkylation sites (tertiary alicyclic amines) is 1. The molecule has 0 unspecified atom stereocenters. The Hall–Kier alpha value is -5.34. The lowest BCUT2D eigenvalue weighted by Gasteiger charge is -2.38. The zero-order valence-electron chi connectivity index (χ0n) is 54.3. The average Bonchev–Trinajstić information content (AvgIpc) is 3.88. The molecule has 1 rings (SSSR count). The van der Waals surface area contributed by atoms with Crippen LogP contribution in [0.2, 0.25) is 0 Å². The Labute approximate surface area is 499 Å². The first-order valence-corrected chi connectivity index (χ1v) is 31.6. The number of rotatable bonds is 43. The van der Waals surface area contributed by atoms with Crippen molar-refractivity contribution in [1.82, 2.24) is 57.2 Å². The van der Waals surface area contributed by atoms with E-state index >= 15 is 0 Å². The molecule has 83 heavy (non-hydrogen) atoms. The van der Waals surface area contributed by atoms with Gasteiger partial charge in [0.25, 0.3) is 0 Å². The van der Waals surface area contributed by atoms with Crippen LogP contribution in [0.4, 0.5) is 0 Å². The summed E-state index contributed by atoms with van der Waals surface area (Å²) in [5.74, 6) is -4.97. The minimum Gasteiger partial charge on any atom is -0.355 e. The highest BCUT2D eigenvalue weighted by molar-refractivity contribution is 5.99. The van der Waals surface area contributed by atoms with Crippen LogP contribution in [0.15, 0.2) is 0 Å². The fraction of sp³-hybridized carbons (Fsp3) is 0.839. The van der Waals surface area contributed by atoms with Crippen molar-refractivity contribution >= 4 is 59.6 Å². The molecular formula is C62H115N11O10. The van der Waals surface area contributed by atoms with Crippen molar-refractivity contribution in [1.29, 1.82) is 0 Å². The summed E-state index contributed by atoms with van der Waals surface area (Å²) < 4.78 is 0. The lowest BCUT2D eigenvalue weighted by Crippen LogP contribution is -2.65. The Morgan fingerprint density at radius 3 is 1.52 bits per heavy atom. The van der Waals surface area contributed by atoms with Crippen molar-refractivity contribution in [2.75, 3.05) is 39.3 Å². The van der Waals surface area contributed by atoms with Gasteiger partial charge in [-0.1, -0.05) is 121 Å². The van der Waals surface area contributed by atoms with Gasteiger partial charge in [0.1, 0.15) is 46.9 Å². The molecule has 0 saturated carbocycles. The van der Waals surface area contributed by atoms with Gasteiger partial charge in [-0.3, -0.25) is 47.9 Å². The van der Waals surface area contributed by atoms with E-state index in [-0.39, 0.29) is 61.8 Å². The minimum absolute atomic E-state index is 0.0469. The molecule has 0 aliphatic carbocycles. The van der Waals surface area contributed by atoms with Crippen LogP contribution in [0.5, 0.6) is 0 Å². The summed E-state index contributed by atoms with van der Waals surface area (Å²) in [5, 5.41) is 22.4. The predicted molar refractivity (Wildman–Crippen MR) is 327 cm³/mol. The van der Waals surface area contributed by atoms with E-state index < -0.39 is 88.3 Å². The predicted octanol–water partition coefficient (Wildman–Crippen LogP) is 6.11. The molecule has 0 spiro atoms. The van der Waals surface area contributed by atoms with Crippen LogP contribution in [0, 0.1) is 17.8 Å². The number of hydrogen-bond acceptors (Lipinski definition) is 11. The Bertz CT molecular complexity index is 2040. The number of unbranched alkanes of at least 4 members (excludes halogenated alkanes) is 7. The van der Waals surface area contributed by atoms with Gasteiger partial charge in [0.15, 0.2) is 0 Å². The van der Waals surface area contributed by atoms with E-state index in [1.54, 1.807) is 4.90 Å². The van der Waals surface area contributed by atoms with Crippen molar-refractivity contribution in [2.24, 2.45) is 17.8 Å². The third-order valence-corrected chi connectivity index (χ3v) is 15.0. The van der Waals surface area contributed by atoms with Gasteiger partial charge in [0.05, 0.1) is 0 Å². The molecule has 1 aliphatic heterocycles. The number of carbonyl (C=O) groups excluding carboxylic acids is 10. The number of amides is 10. The molecule has 21 heteroatoms. The second kappa shape index (κ2) is 38.6. The number of hydrogen-bond donors (Lipinski definition) is 8. The van der Waals surface area contributed by atoms with Crippen molar-refractivity contribution in [2.45, 2.75) is 280 Å². The molecule has 1 aliphatic rings. The largest absolute Gasteiger partial charge is 0.355 e. The Morgan fingerprint density at radius 2 is 1.00 bits per heavy atom. The quantitative estimate of drug-likeness (QED) is 0.0255. The smallest absolute Gasteiger partial charge is 0.246 e. The summed E-state index contributed by atoms with van der Waals surface area (Å²) in [6, 6.07) is -4.39. The molecule has 0 bridgehead atoms. The van der Waals surface area contributed by atoms with Gasteiger partial charge in [-0.25, -0.2) is 0 Å². The minimum atomic E-state index is -1.63. The van der Waals surface area contributed by atoms with E-state index in [0.29, 0.717) is 51.6 Å². The fourth-order valence-electron chi connectivity index (χ4n) is 10.2. The number of carbonyl (C=O) groups is 10. The van der Waals surface area contributed by atoms with Gasteiger partial charge in [0.2, 0.25) is 59.6 Å². The molecule has 1 heterocycles. The molecule has 5 atom stereocenters. The van der Waals surface area contributed by atoms with Crippen molar-refractivity contribution in [3.63, 3.8) is 0 Å². The number of nitrogens with one attached hydrogen (secondary N) is 8. The first-order valence-electron chi connectivity index (χ1n) is 31.6. The maximum Gasteiger partial charge on any atom is 0.246 e. The van der Waals surface area contributed by atoms with E-state index in [0.717, 1.165) is 83.8 Å². The van der Waals surface area contributed by atoms with E-state index in [4.69, 9.17) is 0 Å². The molecule has 0 aromatic carbocycles. The zero-order valence-corrected chi connectivity index (χ0v) is 54.3. The Morgan fingerprint density at radius 1 is 0.518 bits per heavy atom. The third kappa shape index (κ3) is 28.4. The Balaban J connectivity index is 3.26. The summed E-state index contributed by atoms with van der Waals surface area (Å²) in [4.78, 5) is 143. The summed E-state index contributed by atoms with van der Waals surface area (Å²) in [6.07, 6.45) is 12.9. The highest BCUT2D eigenvalue weighted by Gasteiger charge is 2.42. The lowest BCUT2D eigenvalue weighted by molar-refractivity contribution is -0.146. The van der Waals surface area contributed by atoms with Gasteiger partial charge in [-0.15, -0.1) is 0 Å². The van der Waals surface area contributed by atoms with Gasteiger partial charge < -0.3 is 57.2 Å². The van der Waals surface area contributed by atoms with Crippen molar-refractivity contribution in [3.05, 3.63) is 0 Å². The molecule has 0 aromatic rings. The van der Waals surface area contributed by atoms with E-state index in [9.17, 15) is 47.9 Å². The van der Waals surface area contributed by atoms with Crippen LogP contribution in [0.1, 0.15) is 233 Å². The summed E-state index contributed by atoms with van der Waals surface area (Å²) in [7, 11) is 0. The molecule has 478 valence electrons. The van der Waals surface area contributed by atoms with Crippen LogP contribution >= 0.6 is 0 Å². The molecule has 1 fully saturated rings. The maximum atomic E-state index is 14.6. The molecule has 0 aromatic heterocycles. The topological polar surface area (TPSA) is 277 Å². The highest BCUT2D eigenvalue weighted by Crippen LogP contribution is 2.26. The van der Waals surface area contributed by atoms with Gasteiger partial charge >= 0.3 is 0 Å². The third-order valence-electron chi connectivity index (χ3n) is 15.0. The van der Waals surface area contributed by atoms with E-state index in [1.165, 1.54) is 46.4 Å². The maximum absolute atomic E-state index is 14.6. The fourth-order valence-corrected chi connectivity index (χ4v) is 10.2. The van der Waals surface area contributed by atoms with Gasteiger partial charge in [0, 0.05) is 39.0 Å². The average molecular weight is 1170 g/mol. The normalized spacial score (nSPS) is 15.3. The summed E-state index contributed by atoms with van der Waals surface area (Å²) in [6.45, 7) is 32.3. The highest BCUT2D eigenvalue weighted by atomic mass is 16.2. The summed E-state index contributed by atoms with van der Waals surface area (Å²) >= 11 is 0. The molecule has 0 radical (unpaired) electrons.